The van der Waals surface area contributed by atoms with Gasteiger partial charge in [0, 0.05) is 62.4 Å². The van der Waals surface area contributed by atoms with Crippen molar-refractivity contribution in [2.24, 2.45) is 5.92 Å². The molecule has 0 radical (unpaired) electrons. The minimum atomic E-state index is -0.118. The highest BCUT2D eigenvalue weighted by Gasteiger charge is 2.34. The topological polar surface area (TPSA) is 51.2 Å². The fourth-order valence-electron chi connectivity index (χ4n) is 5.60. The van der Waals surface area contributed by atoms with Crippen molar-refractivity contribution in [2.45, 2.75) is 31.0 Å². The number of fused-ring (bicyclic) bond motifs is 1. The standard InChI is InChI=1S/C29H33NO4/c1-32-29(33-2)22-14-16-30(17-15-22)23-10-8-21(9-11-23)28-25-13-12-24(31)18-27(25)34-19-26(28)20-6-4-3-5-7-20/h3-13,18,22,26,28-29,31H,14-17,19H2,1-2H3/t26-,28-/m1/s1. The van der Waals surface area contributed by atoms with Gasteiger partial charge in [0.25, 0.3) is 0 Å². The molecule has 0 saturated carbocycles. The van der Waals surface area contributed by atoms with Crippen molar-refractivity contribution >= 4 is 5.69 Å². The fraction of sp³-hybridized carbons (Fsp3) is 0.379. The molecule has 2 heterocycles. The van der Waals surface area contributed by atoms with Crippen molar-refractivity contribution in [3.63, 3.8) is 0 Å². The summed E-state index contributed by atoms with van der Waals surface area (Å²) in [6.45, 7) is 2.58. The van der Waals surface area contributed by atoms with Gasteiger partial charge in [-0.05, 0) is 42.2 Å². The summed E-state index contributed by atoms with van der Waals surface area (Å²) in [5.74, 6) is 1.82. The molecule has 34 heavy (non-hydrogen) atoms. The molecule has 1 N–H and O–H groups in total. The molecule has 1 fully saturated rings. The number of methoxy groups -OCH3 is 2. The number of aromatic hydroxyl groups is 1. The Bertz CT molecular complexity index is 1070. The maximum Gasteiger partial charge on any atom is 0.159 e. The Kier molecular flexibility index (Phi) is 6.75. The normalized spacial score (nSPS) is 20.7. The molecule has 2 atom stereocenters. The molecule has 2 aliphatic heterocycles. The van der Waals surface area contributed by atoms with Gasteiger partial charge in [0.15, 0.2) is 6.29 Å². The van der Waals surface area contributed by atoms with Crippen LogP contribution < -0.4 is 9.64 Å². The van der Waals surface area contributed by atoms with E-state index in [9.17, 15) is 5.11 Å². The van der Waals surface area contributed by atoms with E-state index in [4.69, 9.17) is 14.2 Å². The van der Waals surface area contributed by atoms with Gasteiger partial charge in [-0.2, -0.15) is 0 Å². The molecule has 3 aromatic carbocycles. The zero-order chi connectivity index (χ0) is 23.5. The zero-order valence-electron chi connectivity index (χ0n) is 19.9. The van der Waals surface area contributed by atoms with Crippen LogP contribution in [-0.2, 0) is 9.47 Å². The maximum absolute atomic E-state index is 9.99. The summed E-state index contributed by atoms with van der Waals surface area (Å²) in [5, 5.41) is 9.99. The number of phenols is 1. The predicted molar refractivity (Wildman–Crippen MR) is 134 cm³/mol. The van der Waals surface area contributed by atoms with Gasteiger partial charge in [-0.3, -0.25) is 0 Å². The second kappa shape index (κ2) is 10.1. The Balaban J connectivity index is 1.40. The minimum absolute atomic E-state index is 0.118. The first-order chi connectivity index (χ1) is 16.7. The monoisotopic (exact) mass is 459 g/mol. The Hall–Kier alpha value is -3.02. The van der Waals surface area contributed by atoms with Crippen molar-refractivity contribution in [1.29, 1.82) is 0 Å². The van der Waals surface area contributed by atoms with Crippen LogP contribution in [0.3, 0.4) is 0 Å². The number of piperidine rings is 1. The number of hydrogen-bond donors (Lipinski definition) is 1. The Morgan fingerprint density at radius 3 is 2.26 bits per heavy atom. The van der Waals surface area contributed by atoms with Crippen molar-refractivity contribution in [3.05, 3.63) is 89.5 Å². The van der Waals surface area contributed by atoms with E-state index in [-0.39, 0.29) is 23.9 Å². The largest absolute Gasteiger partial charge is 0.508 e. The molecule has 5 nitrogen and oxygen atoms in total. The van der Waals surface area contributed by atoms with Crippen molar-refractivity contribution in [2.75, 3.05) is 38.8 Å². The Labute approximate surface area is 201 Å². The van der Waals surface area contributed by atoms with Crippen LogP contribution in [0.2, 0.25) is 0 Å². The minimum Gasteiger partial charge on any atom is -0.508 e. The highest BCUT2D eigenvalue weighted by atomic mass is 16.7. The third-order valence-corrected chi connectivity index (χ3v) is 7.39. The van der Waals surface area contributed by atoms with E-state index in [1.54, 1.807) is 26.4 Å². The average Bonchev–Trinajstić information content (AvgIpc) is 2.90. The lowest BCUT2D eigenvalue weighted by Gasteiger charge is -2.37. The number of hydrogen-bond acceptors (Lipinski definition) is 5. The number of rotatable bonds is 6. The summed E-state index contributed by atoms with van der Waals surface area (Å²) in [6.07, 6.45) is 2.00. The molecule has 0 unspecified atom stereocenters. The first kappa shape index (κ1) is 22.8. The van der Waals surface area contributed by atoms with E-state index in [2.05, 4.69) is 53.4 Å². The third-order valence-electron chi connectivity index (χ3n) is 7.39. The quantitative estimate of drug-likeness (QED) is 0.491. The molecule has 3 aromatic rings. The molecule has 0 aliphatic carbocycles. The molecule has 1 saturated heterocycles. The summed E-state index contributed by atoms with van der Waals surface area (Å²) < 4.78 is 17.1. The molecule has 0 aromatic heterocycles. The molecule has 5 rings (SSSR count). The highest BCUT2D eigenvalue weighted by molar-refractivity contribution is 5.54. The molecule has 0 bridgehead atoms. The van der Waals surface area contributed by atoms with E-state index in [0.717, 1.165) is 37.2 Å². The molecule has 0 amide bonds. The van der Waals surface area contributed by atoms with Crippen molar-refractivity contribution in [3.8, 4) is 11.5 Å². The second-order valence-electron chi connectivity index (χ2n) is 9.28. The van der Waals surface area contributed by atoms with Crippen LogP contribution >= 0.6 is 0 Å². The number of benzene rings is 3. The van der Waals surface area contributed by atoms with Gasteiger partial charge >= 0.3 is 0 Å². The van der Waals surface area contributed by atoms with Gasteiger partial charge in [-0.1, -0.05) is 48.5 Å². The number of ether oxygens (including phenoxy) is 3. The molecule has 178 valence electrons. The predicted octanol–water partition coefficient (Wildman–Crippen LogP) is 5.54. The van der Waals surface area contributed by atoms with E-state index < -0.39 is 0 Å². The lowest BCUT2D eigenvalue weighted by atomic mass is 9.76. The van der Waals surface area contributed by atoms with Crippen LogP contribution in [0.25, 0.3) is 0 Å². The number of nitrogens with zero attached hydrogens (tertiary/aromatic N) is 1. The van der Waals surface area contributed by atoms with Crippen LogP contribution in [0.4, 0.5) is 5.69 Å². The van der Waals surface area contributed by atoms with Gasteiger partial charge < -0.3 is 24.2 Å². The summed E-state index contributed by atoms with van der Waals surface area (Å²) in [5.41, 5.74) is 4.91. The highest BCUT2D eigenvalue weighted by Crippen LogP contribution is 2.47. The van der Waals surface area contributed by atoms with Crippen LogP contribution in [0, 0.1) is 5.92 Å². The molecular formula is C29H33NO4. The smallest absolute Gasteiger partial charge is 0.159 e. The van der Waals surface area contributed by atoms with E-state index >= 15 is 0 Å². The van der Waals surface area contributed by atoms with Crippen LogP contribution in [0.15, 0.2) is 72.8 Å². The Morgan fingerprint density at radius 1 is 0.882 bits per heavy atom. The SMILES string of the molecule is COC(OC)C1CCN(c2ccc([C@@H]3c4ccc(O)cc4OC[C@@H]3c3ccccc3)cc2)CC1. The second-order valence-corrected chi connectivity index (χ2v) is 9.28. The molecular weight excluding hydrogens is 426 g/mol. The van der Waals surface area contributed by atoms with Gasteiger partial charge in [0.1, 0.15) is 11.5 Å². The summed E-state index contributed by atoms with van der Waals surface area (Å²) in [7, 11) is 3.44. The lowest BCUT2D eigenvalue weighted by molar-refractivity contribution is -0.141. The molecule has 0 spiro atoms. The van der Waals surface area contributed by atoms with E-state index in [1.807, 2.05) is 12.1 Å². The van der Waals surface area contributed by atoms with Crippen LogP contribution in [0.1, 0.15) is 41.4 Å². The van der Waals surface area contributed by atoms with Crippen LogP contribution in [0.5, 0.6) is 11.5 Å². The summed E-state index contributed by atoms with van der Waals surface area (Å²) >= 11 is 0. The zero-order valence-corrected chi connectivity index (χ0v) is 19.9. The lowest BCUT2D eigenvalue weighted by Crippen LogP contribution is -2.39. The maximum atomic E-state index is 9.99. The average molecular weight is 460 g/mol. The molecule has 2 aliphatic rings. The van der Waals surface area contributed by atoms with Crippen molar-refractivity contribution < 1.29 is 19.3 Å². The first-order valence-corrected chi connectivity index (χ1v) is 12.1. The van der Waals surface area contributed by atoms with Crippen molar-refractivity contribution in [1.82, 2.24) is 0 Å². The van der Waals surface area contributed by atoms with E-state index in [1.165, 1.54) is 16.8 Å². The summed E-state index contributed by atoms with van der Waals surface area (Å²) in [4.78, 5) is 2.45. The number of phenolic OH excluding ortho intramolecular Hbond substituents is 1. The van der Waals surface area contributed by atoms with E-state index in [0.29, 0.717) is 12.5 Å². The number of anilines is 1. The van der Waals surface area contributed by atoms with Gasteiger partial charge in [0.05, 0.1) is 6.61 Å². The summed E-state index contributed by atoms with van der Waals surface area (Å²) in [6, 6.07) is 25.1. The first-order valence-electron chi connectivity index (χ1n) is 12.1. The van der Waals surface area contributed by atoms with Gasteiger partial charge in [-0.15, -0.1) is 0 Å². The fourth-order valence-corrected chi connectivity index (χ4v) is 5.60. The van der Waals surface area contributed by atoms with Crippen LogP contribution in [-0.4, -0.2) is 45.3 Å². The molecule has 5 heteroatoms. The van der Waals surface area contributed by atoms with Gasteiger partial charge in [0.2, 0.25) is 0 Å². The van der Waals surface area contributed by atoms with Gasteiger partial charge in [-0.25, -0.2) is 0 Å². The Morgan fingerprint density at radius 2 is 1.59 bits per heavy atom. The third kappa shape index (κ3) is 4.50.